The molecular weight excluding hydrogens is 475 g/mol. The fourth-order valence-corrected chi connectivity index (χ4v) is 5.51. The summed E-state index contributed by atoms with van der Waals surface area (Å²) in [5.74, 6) is 0.00326. The number of ether oxygens (including phenoxy) is 1. The van der Waals surface area contributed by atoms with E-state index in [1.807, 2.05) is 29.3 Å². The SMILES string of the molecule is CCCN(CC(=O)N1CCc2sccc2[C@@H]1COc1ccc(C(C)C)cc1)C(=O)c1ccccc1F. The van der Waals surface area contributed by atoms with Crippen LogP contribution in [0.15, 0.2) is 60.0 Å². The minimum absolute atomic E-state index is 0.0118. The molecule has 1 aliphatic rings. The maximum Gasteiger partial charge on any atom is 0.257 e. The molecule has 2 aromatic carbocycles. The maximum atomic E-state index is 14.3. The summed E-state index contributed by atoms with van der Waals surface area (Å²) in [6.45, 7) is 7.40. The summed E-state index contributed by atoms with van der Waals surface area (Å²) in [5, 5.41) is 2.05. The highest BCUT2D eigenvalue weighted by Crippen LogP contribution is 2.34. The Labute approximate surface area is 216 Å². The second-order valence-corrected chi connectivity index (χ2v) is 10.4. The quantitative estimate of drug-likeness (QED) is 0.353. The Morgan fingerprint density at radius 2 is 1.89 bits per heavy atom. The molecule has 7 heteroatoms. The van der Waals surface area contributed by atoms with Crippen molar-refractivity contribution in [1.82, 2.24) is 9.80 Å². The number of carbonyl (C=O) groups is 2. The van der Waals surface area contributed by atoms with Crippen LogP contribution in [0.1, 0.15) is 65.5 Å². The third-order valence-corrected chi connectivity index (χ3v) is 7.58. The van der Waals surface area contributed by atoms with Crippen LogP contribution in [0.25, 0.3) is 0 Å². The number of rotatable bonds is 9. The minimum atomic E-state index is -0.577. The van der Waals surface area contributed by atoms with Crippen molar-refractivity contribution >= 4 is 23.2 Å². The van der Waals surface area contributed by atoms with Gasteiger partial charge in [0.05, 0.1) is 11.6 Å². The van der Waals surface area contributed by atoms with Crippen LogP contribution in [0.2, 0.25) is 0 Å². The van der Waals surface area contributed by atoms with E-state index in [-0.39, 0.29) is 24.1 Å². The smallest absolute Gasteiger partial charge is 0.257 e. The molecule has 0 radical (unpaired) electrons. The zero-order valence-electron chi connectivity index (χ0n) is 21.1. The monoisotopic (exact) mass is 508 g/mol. The van der Waals surface area contributed by atoms with E-state index in [9.17, 15) is 14.0 Å². The van der Waals surface area contributed by atoms with Gasteiger partial charge in [-0.25, -0.2) is 4.39 Å². The third kappa shape index (κ3) is 5.78. The number of hydrogen-bond donors (Lipinski definition) is 0. The Morgan fingerprint density at radius 3 is 2.58 bits per heavy atom. The summed E-state index contributed by atoms with van der Waals surface area (Å²) >= 11 is 1.70. The Hall–Kier alpha value is -3.19. The fourth-order valence-electron chi connectivity index (χ4n) is 4.58. The van der Waals surface area contributed by atoms with E-state index in [0.717, 1.165) is 17.7 Å². The van der Waals surface area contributed by atoms with E-state index >= 15 is 0 Å². The average Bonchev–Trinajstić information content (AvgIpc) is 3.36. The molecule has 0 unspecified atom stereocenters. The Morgan fingerprint density at radius 1 is 1.14 bits per heavy atom. The summed E-state index contributed by atoms with van der Waals surface area (Å²) in [6, 6.07) is 15.8. The topological polar surface area (TPSA) is 49.9 Å². The van der Waals surface area contributed by atoms with Gasteiger partial charge in [-0.3, -0.25) is 9.59 Å². The van der Waals surface area contributed by atoms with E-state index < -0.39 is 11.7 Å². The minimum Gasteiger partial charge on any atom is -0.491 e. The van der Waals surface area contributed by atoms with Crippen molar-refractivity contribution < 1.29 is 18.7 Å². The molecule has 0 fully saturated rings. The Balaban J connectivity index is 1.51. The van der Waals surface area contributed by atoms with Gasteiger partial charge in [0.15, 0.2) is 0 Å². The van der Waals surface area contributed by atoms with Gasteiger partial charge in [-0.2, -0.15) is 0 Å². The molecule has 0 spiro atoms. The van der Waals surface area contributed by atoms with Crippen LogP contribution in [0.4, 0.5) is 4.39 Å². The number of amides is 2. The van der Waals surface area contributed by atoms with Gasteiger partial charge in [0.1, 0.15) is 24.7 Å². The lowest BCUT2D eigenvalue weighted by Gasteiger charge is -2.37. The molecule has 36 heavy (non-hydrogen) atoms. The van der Waals surface area contributed by atoms with Crippen LogP contribution in [-0.2, 0) is 11.2 Å². The summed E-state index contributed by atoms with van der Waals surface area (Å²) in [5.41, 5.74) is 2.33. The number of carbonyl (C=O) groups excluding carboxylic acids is 2. The molecule has 2 heterocycles. The molecule has 1 atom stereocenters. The zero-order valence-corrected chi connectivity index (χ0v) is 21.9. The molecule has 1 aromatic heterocycles. The predicted molar refractivity (Wildman–Crippen MR) is 141 cm³/mol. The van der Waals surface area contributed by atoms with E-state index in [1.165, 1.54) is 27.5 Å². The molecule has 0 bridgehead atoms. The van der Waals surface area contributed by atoms with Crippen molar-refractivity contribution in [2.45, 2.75) is 45.6 Å². The van der Waals surface area contributed by atoms with Crippen LogP contribution in [0.3, 0.4) is 0 Å². The lowest BCUT2D eigenvalue weighted by molar-refractivity contribution is -0.135. The van der Waals surface area contributed by atoms with Gasteiger partial charge in [-0.05, 0) is 65.6 Å². The second kappa shape index (κ2) is 11.7. The summed E-state index contributed by atoms with van der Waals surface area (Å²) < 4.78 is 20.4. The molecule has 0 saturated heterocycles. The first kappa shape index (κ1) is 25.9. The fraction of sp³-hybridized carbons (Fsp3) is 0.379. The molecule has 1 aliphatic heterocycles. The third-order valence-electron chi connectivity index (χ3n) is 6.58. The highest BCUT2D eigenvalue weighted by atomic mass is 32.1. The van der Waals surface area contributed by atoms with Gasteiger partial charge in [-0.1, -0.05) is 45.0 Å². The highest BCUT2D eigenvalue weighted by molar-refractivity contribution is 7.10. The number of hydrogen-bond acceptors (Lipinski definition) is 4. The van der Waals surface area contributed by atoms with Crippen LogP contribution in [0.5, 0.6) is 5.75 Å². The van der Waals surface area contributed by atoms with Gasteiger partial charge >= 0.3 is 0 Å². The molecular formula is C29H33FN2O3S. The highest BCUT2D eigenvalue weighted by Gasteiger charge is 2.33. The number of halogens is 1. The molecule has 190 valence electrons. The standard InChI is InChI=1S/C29H33FN2O3S/c1-4-15-31(29(34)23-7-5-6-8-25(23)30)18-28(33)32-16-13-27-24(14-17-36-27)26(32)19-35-22-11-9-21(10-12-22)20(2)3/h5-12,14,17,20,26H,4,13,15-16,18-19H2,1-3H3/t26-/m0/s1. The van der Waals surface area contributed by atoms with Crippen molar-refractivity contribution in [2.75, 3.05) is 26.2 Å². The van der Waals surface area contributed by atoms with Crippen molar-refractivity contribution in [3.05, 3.63) is 87.4 Å². The zero-order chi connectivity index (χ0) is 25.7. The van der Waals surface area contributed by atoms with Crippen molar-refractivity contribution in [2.24, 2.45) is 0 Å². The lowest BCUT2D eigenvalue weighted by Crippen LogP contribution is -2.48. The predicted octanol–water partition coefficient (Wildman–Crippen LogP) is 6.07. The second-order valence-electron chi connectivity index (χ2n) is 9.39. The van der Waals surface area contributed by atoms with Gasteiger partial charge in [-0.15, -0.1) is 11.3 Å². The van der Waals surface area contributed by atoms with Crippen LogP contribution in [0, 0.1) is 5.82 Å². The van der Waals surface area contributed by atoms with Gasteiger partial charge < -0.3 is 14.5 Å². The van der Waals surface area contributed by atoms with E-state index in [2.05, 4.69) is 32.0 Å². The van der Waals surface area contributed by atoms with Crippen LogP contribution < -0.4 is 4.74 Å². The van der Waals surface area contributed by atoms with E-state index in [4.69, 9.17) is 4.74 Å². The molecule has 5 nitrogen and oxygen atoms in total. The van der Waals surface area contributed by atoms with Crippen molar-refractivity contribution in [1.29, 1.82) is 0 Å². The lowest BCUT2D eigenvalue weighted by atomic mass is 10.00. The van der Waals surface area contributed by atoms with Crippen molar-refractivity contribution in [3.63, 3.8) is 0 Å². The number of thiophene rings is 1. The molecule has 4 rings (SSSR count). The molecule has 2 amide bonds. The number of benzene rings is 2. The first-order chi connectivity index (χ1) is 17.4. The first-order valence-electron chi connectivity index (χ1n) is 12.5. The Kier molecular flexibility index (Phi) is 8.41. The Bertz CT molecular complexity index is 1190. The molecule has 3 aromatic rings. The van der Waals surface area contributed by atoms with Gasteiger partial charge in [0.2, 0.25) is 5.91 Å². The molecule has 0 aliphatic carbocycles. The van der Waals surface area contributed by atoms with Crippen LogP contribution in [-0.4, -0.2) is 47.9 Å². The summed E-state index contributed by atoms with van der Waals surface area (Å²) in [4.78, 5) is 31.2. The first-order valence-corrected chi connectivity index (χ1v) is 13.4. The summed E-state index contributed by atoms with van der Waals surface area (Å²) in [6.07, 6.45) is 1.44. The number of nitrogens with zero attached hydrogens (tertiary/aromatic N) is 2. The molecule has 0 N–H and O–H groups in total. The maximum absolute atomic E-state index is 14.3. The number of fused-ring (bicyclic) bond motifs is 1. The van der Waals surface area contributed by atoms with E-state index in [0.29, 0.717) is 32.0 Å². The van der Waals surface area contributed by atoms with Crippen molar-refractivity contribution in [3.8, 4) is 5.75 Å². The summed E-state index contributed by atoms with van der Waals surface area (Å²) in [7, 11) is 0. The van der Waals surface area contributed by atoms with Gasteiger partial charge in [0.25, 0.3) is 5.91 Å². The molecule has 0 saturated carbocycles. The normalized spacial score (nSPS) is 15.0. The average molecular weight is 509 g/mol. The van der Waals surface area contributed by atoms with Gasteiger partial charge in [0, 0.05) is 18.0 Å². The van der Waals surface area contributed by atoms with E-state index in [1.54, 1.807) is 23.5 Å². The largest absolute Gasteiger partial charge is 0.491 e. The van der Waals surface area contributed by atoms with Crippen LogP contribution >= 0.6 is 11.3 Å².